The monoisotopic (exact) mass is 246 g/mol. The summed E-state index contributed by atoms with van der Waals surface area (Å²) < 4.78 is 4.94. The number of unbranched alkanes of at least 4 members (excludes halogenated alkanes) is 3. The van der Waals surface area contributed by atoms with Crippen molar-refractivity contribution in [1.82, 2.24) is 0 Å². The highest BCUT2D eigenvalue weighted by atomic mass is 16.5. The van der Waals surface area contributed by atoms with E-state index in [4.69, 9.17) is 4.74 Å². The molecule has 3 nitrogen and oxygen atoms in total. The fraction of sp³-hybridized carbons (Fsp3) is 0.400. The first-order valence-corrected chi connectivity index (χ1v) is 6.09. The van der Waals surface area contributed by atoms with Crippen LogP contribution in [0, 0.1) is 11.8 Å². The molecule has 0 fully saturated rings. The predicted molar refractivity (Wildman–Crippen MR) is 70.9 cm³/mol. The van der Waals surface area contributed by atoms with Gasteiger partial charge in [-0.05, 0) is 30.5 Å². The summed E-state index contributed by atoms with van der Waals surface area (Å²) in [5.41, 5.74) is 0.438. The van der Waals surface area contributed by atoms with Crippen molar-refractivity contribution in [1.29, 1.82) is 0 Å². The van der Waals surface area contributed by atoms with E-state index in [-0.39, 0.29) is 17.3 Å². The lowest BCUT2D eigenvalue weighted by atomic mass is 10.1. The number of Topliss-reactive ketones (excluding diaryl/α,β-unsaturated/α-hetero) is 1. The Morgan fingerprint density at radius 2 is 2.17 bits per heavy atom. The van der Waals surface area contributed by atoms with Gasteiger partial charge in [-0.1, -0.05) is 25.7 Å². The molecule has 0 aromatic heterocycles. The number of ketones is 1. The van der Waals surface area contributed by atoms with Crippen molar-refractivity contribution >= 4 is 5.78 Å². The molecule has 1 rings (SSSR count). The second-order valence-corrected chi connectivity index (χ2v) is 3.97. The van der Waals surface area contributed by atoms with Gasteiger partial charge in [0, 0.05) is 12.0 Å². The number of carbonyl (C=O) groups excluding carboxylic acids is 1. The van der Waals surface area contributed by atoms with Gasteiger partial charge in [0.2, 0.25) is 5.78 Å². The summed E-state index contributed by atoms with van der Waals surface area (Å²) in [5, 5.41) is 9.42. The minimum atomic E-state index is -0.246. The molecule has 18 heavy (non-hydrogen) atoms. The van der Waals surface area contributed by atoms with E-state index < -0.39 is 0 Å². The maximum Gasteiger partial charge on any atom is 0.236 e. The lowest BCUT2D eigenvalue weighted by Gasteiger charge is -2.03. The van der Waals surface area contributed by atoms with E-state index in [1.807, 2.05) is 0 Å². The highest BCUT2D eigenvalue weighted by molar-refractivity contribution is 6.09. The molecule has 0 aliphatic carbocycles. The van der Waals surface area contributed by atoms with E-state index in [1.165, 1.54) is 19.2 Å². The van der Waals surface area contributed by atoms with E-state index in [2.05, 4.69) is 18.8 Å². The number of methoxy groups -OCH3 is 1. The van der Waals surface area contributed by atoms with Gasteiger partial charge >= 0.3 is 0 Å². The molecule has 1 N–H and O–H groups in total. The lowest BCUT2D eigenvalue weighted by molar-refractivity contribution is 0.105. The highest BCUT2D eigenvalue weighted by Gasteiger charge is 2.07. The Kier molecular flexibility index (Phi) is 5.79. The van der Waals surface area contributed by atoms with Crippen LogP contribution >= 0.6 is 0 Å². The topological polar surface area (TPSA) is 46.5 Å². The second-order valence-electron chi connectivity index (χ2n) is 3.97. The molecular weight excluding hydrogens is 228 g/mol. The number of benzene rings is 1. The zero-order chi connectivity index (χ0) is 13.4. The first kappa shape index (κ1) is 14.1. The fourth-order valence-corrected chi connectivity index (χ4v) is 1.50. The van der Waals surface area contributed by atoms with Crippen LogP contribution < -0.4 is 4.74 Å². The molecule has 0 unspecified atom stereocenters. The molecule has 0 aliphatic rings. The number of phenolic OH excluding ortho intramolecular Hbond substituents is 1. The van der Waals surface area contributed by atoms with Crippen LogP contribution in [0.25, 0.3) is 0 Å². The van der Waals surface area contributed by atoms with Crippen LogP contribution in [0.3, 0.4) is 0 Å². The van der Waals surface area contributed by atoms with Crippen LogP contribution in [-0.4, -0.2) is 18.0 Å². The molecular formula is C15H18O3. The highest BCUT2D eigenvalue weighted by Crippen LogP contribution is 2.26. The standard InChI is InChI=1S/C15H18O3/c1-3-4-5-6-7-8-13(16)12-9-10-14(17)15(11-12)18-2/h9-11,17H,3-6H2,1-2H3. The molecule has 0 saturated heterocycles. The van der Waals surface area contributed by atoms with Crippen molar-refractivity contribution < 1.29 is 14.6 Å². The Morgan fingerprint density at radius 1 is 1.39 bits per heavy atom. The number of hydrogen-bond acceptors (Lipinski definition) is 3. The molecule has 0 heterocycles. The third kappa shape index (κ3) is 4.14. The molecule has 0 spiro atoms. The SMILES string of the molecule is CCCCCC#CC(=O)c1ccc(O)c(OC)c1. The largest absolute Gasteiger partial charge is 0.504 e. The van der Waals surface area contributed by atoms with Crippen molar-refractivity contribution in [3.8, 4) is 23.3 Å². The van der Waals surface area contributed by atoms with Gasteiger partial charge in [0.1, 0.15) is 0 Å². The number of carbonyl (C=O) groups is 1. The third-order valence-electron chi connectivity index (χ3n) is 2.55. The Hall–Kier alpha value is -1.95. The Balaban J connectivity index is 2.66. The molecule has 1 aromatic rings. The van der Waals surface area contributed by atoms with Crippen LogP contribution in [-0.2, 0) is 0 Å². The van der Waals surface area contributed by atoms with Crippen molar-refractivity contribution in [2.24, 2.45) is 0 Å². The van der Waals surface area contributed by atoms with Crippen LogP contribution in [0.5, 0.6) is 11.5 Å². The maximum atomic E-state index is 11.7. The second kappa shape index (κ2) is 7.39. The third-order valence-corrected chi connectivity index (χ3v) is 2.55. The summed E-state index contributed by atoms with van der Waals surface area (Å²) in [6, 6.07) is 4.48. The van der Waals surface area contributed by atoms with E-state index in [9.17, 15) is 9.90 Å². The molecule has 0 atom stereocenters. The van der Waals surface area contributed by atoms with E-state index >= 15 is 0 Å². The number of hydrogen-bond donors (Lipinski definition) is 1. The van der Waals surface area contributed by atoms with E-state index in [0.29, 0.717) is 5.56 Å². The summed E-state index contributed by atoms with van der Waals surface area (Å²) in [4.78, 5) is 11.7. The molecule has 0 saturated carbocycles. The smallest absolute Gasteiger partial charge is 0.236 e. The van der Waals surface area contributed by atoms with Gasteiger partial charge < -0.3 is 9.84 Å². The van der Waals surface area contributed by atoms with E-state index in [1.54, 1.807) is 6.07 Å². The van der Waals surface area contributed by atoms with Gasteiger partial charge in [0.25, 0.3) is 0 Å². The van der Waals surface area contributed by atoms with Crippen LogP contribution in [0.15, 0.2) is 18.2 Å². The van der Waals surface area contributed by atoms with Gasteiger partial charge in [0.05, 0.1) is 7.11 Å². The van der Waals surface area contributed by atoms with Gasteiger partial charge in [-0.15, -0.1) is 0 Å². The lowest BCUT2D eigenvalue weighted by Crippen LogP contribution is -1.96. The number of ether oxygens (including phenoxy) is 1. The number of phenols is 1. The molecule has 0 amide bonds. The molecule has 3 heteroatoms. The summed E-state index contributed by atoms with van der Waals surface area (Å²) in [7, 11) is 1.44. The zero-order valence-corrected chi connectivity index (χ0v) is 10.8. The van der Waals surface area contributed by atoms with Gasteiger partial charge in [-0.3, -0.25) is 4.79 Å². The summed E-state index contributed by atoms with van der Waals surface area (Å²) >= 11 is 0. The van der Waals surface area contributed by atoms with Crippen molar-refractivity contribution in [2.75, 3.05) is 7.11 Å². The normalized spacial score (nSPS) is 9.44. The van der Waals surface area contributed by atoms with Gasteiger partial charge in [-0.25, -0.2) is 0 Å². The van der Waals surface area contributed by atoms with Gasteiger partial charge in [0.15, 0.2) is 11.5 Å². The molecule has 1 aromatic carbocycles. The van der Waals surface area contributed by atoms with Gasteiger partial charge in [-0.2, -0.15) is 0 Å². The molecule has 0 radical (unpaired) electrons. The Morgan fingerprint density at radius 3 is 2.83 bits per heavy atom. The minimum absolute atomic E-state index is 0.0185. The fourth-order valence-electron chi connectivity index (χ4n) is 1.50. The number of rotatable bonds is 5. The number of aromatic hydroxyl groups is 1. The first-order chi connectivity index (χ1) is 8.69. The van der Waals surface area contributed by atoms with Crippen LogP contribution in [0.4, 0.5) is 0 Å². The minimum Gasteiger partial charge on any atom is -0.504 e. The van der Waals surface area contributed by atoms with Crippen LogP contribution in [0.2, 0.25) is 0 Å². The van der Waals surface area contributed by atoms with Crippen molar-refractivity contribution in [2.45, 2.75) is 32.6 Å². The van der Waals surface area contributed by atoms with E-state index in [0.717, 1.165) is 25.7 Å². The quantitative estimate of drug-likeness (QED) is 0.375. The Labute approximate surface area is 108 Å². The maximum absolute atomic E-state index is 11.7. The zero-order valence-electron chi connectivity index (χ0n) is 10.8. The predicted octanol–water partition coefficient (Wildman–Crippen LogP) is 3.17. The summed E-state index contributed by atoms with van der Waals surface area (Å²) in [5.74, 6) is 5.53. The molecule has 0 aliphatic heterocycles. The first-order valence-electron chi connectivity index (χ1n) is 6.09. The molecule has 0 bridgehead atoms. The molecule has 96 valence electrons. The van der Waals surface area contributed by atoms with Crippen molar-refractivity contribution in [3.63, 3.8) is 0 Å². The summed E-state index contributed by atoms with van der Waals surface area (Å²) in [6.45, 7) is 2.13. The average molecular weight is 246 g/mol. The Bertz CT molecular complexity index is 466. The summed E-state index contributed by atoms with van der Waals surface area (Å²) in [6.07, 6.45) is 4.05. The van der Waals surface area contributed by atoms with Crippen molar-refractivity contribution in [3.05, 3.63) is 23.8 Å². The average Bonchev–Trinajstić information content (AvgIpc) is 2.38. The van der Waals surface area contributed by atoms with Crippen LogP contribution in [0.1, 0.15) is 43.0 Å².